The highest BCUT2D eigenvalue weighted by molar-refractivity contribution is 7.89. The molecule has 0 aromatic carbocycles. The smallest absolute Gasteiger partial charge is 0.262 e. The first-order valence-corrected chi connectivity index (χ1v) is 9.02. The van der Waals surface area contributed by atoms with Crippen molar-refractivity contribution < 1.29 is 13.2 Å². The molecule has 0 N–H and O–H groups in total. The monoisotopic (exact) mass is 336 g/mol. The van der Waals surface area contributed by atoms with Crippen LogP contribution in [0.25, 0.3) is 0 Å². The van der Waals surface area contributed by atoms with Crippen molar-refractivity contribution >= 4 is 10.0 Å². The quantitative estimate of drug-likeness (QED) is 0.830. The third kappa shape index (κ3) is 3.37. The zero-order valence-electron chi connectivity index (χ0n) is 13.2. The van der Waals surface area contributed by atoms with Gasteiger partial charge in [-0.2, -0.15) is 4.31 Å². The highest BCUT2D eigenvalue weighted by Gasteiger charge is 2.35. The fourth-order valence-electron chi connectivity index (χ4n) is 2.47. The van der Waals surface area contributed by atoms with Gasteiger partial charge in [0.15, 0.2) is 5.03 Å². The molecule has 23 heavy (non-hydrogen) atoms. The standard InChI is InChI=1S/C15H20N4O3S/c1-12(2)18-10-15(17-11-18)23(20,21)19-8-6-13(9-19)22-14-5-3-4-7-16-14/h3-5,7,10-13H,6,8-9H2,1-2H3. The Morgan fingerprint density at radius 1 is 1.30 bits per heavy atom. The van der Waals surface area contributed by atoms with Gasteiger partial charge in [0.25, 0.3) is 10.0 Å². The van der Waals surface area contributed by atoms with Crippen molar-refractivity contribution in [2.75, 3.05) is 13.1 Å². The summed E-state index contributed by atoms with van der Waals surface area (Å²) in [6.45, 7) is 4.69. The van der Waals surface area contributed by atoms with Crippen LogP contribution in [0.2, 0.25) is 0 Å². The molecular weight excluding hydrogens is 316 g/mol. The summed E-state index contributed by atoms with van der Waals surface area (Å²) in [4.78, 5) is 8.15. The average Bonchev–Trinajstić information content (AvgIpc) is 3.18. The number of hydrogen-bond acceptors (Lipinski definition) is 5. The summed E-state index contributed by atoms with van der Waals surface area (Å²) >= 11 is 0. The molecule has 0 amide bonds. The first kappa shape index (κ1) is 15.9. The predicted octanol–water partition coefficient (Wildman–Crippen LogP) is 1.70. The molecule has 1 saturated heterocycles. The van der Waals surface area contributed by atoms with Crippen LogP contribution in [-0.4, -0.2) is 46.5 Å². The van der Waals surface area contributed by atoms with Gasteiger partial charge in [-0.25, -0.2) is 18.4 Å². The number of imidazole rings is 1. The van der Waals surface area contributed by atoms with E-state index in [0.29, 0.717) is 25.4 Å². The van der Waals surface area contributed by atoms with E-state index in [1.165, 1.54) is 4.31 Å². The summed E-state index contributed by atoms with van der Waals surface area (Å²) in [5, 5.41) is 0.0877. The maximum absolute atomic E-state index is 12.6. The number of ether oxygens (including phenoxy) is 1. The molecule has 1 fully saturated rings. The Morgan fingerprint density at radius 2 is 2.13 bits per heavy atom. The van der Waals surface area contributed by atoms with Crippen molar-refractivity contribution in [2.24, 2.45) is 0 Å². The molecule has 2 aromatic rings. The molecule has 8 heteroatoms. The van der Waals surface area contributed by atoms with E-state index in [1.807, 2.05) is 26.0 Å². The largest absolute Gasteiger partial charge is 0.473 e. The first-order valence-electron chi connectivity index (χ1n) is 7.58. The van der Waals surface area contributed by atoms with Crippen molar-refractivity contribution in [3.63, 3.8) is 0 Å². The lowest BCUT2D eigenvalue weighted by atomic mass is 10.3. The predicted molar refractivity (Wildman–Crippen MR) is 84.6 cm³/mol. The minimum absolute atomic E-state index is 0.0877. The molecule has 7 nitrogen and oxygen atoms in total. The molecule has 124 valence electrons. The molecule has 1 unspecified atom stereocenters. The van der Waals surface area contributed by atoms with E-state index in [1.54, 1.807) is 29.4 Å². The van der Waals surface area contributed by atoms with Gasteiger partial charge in [0.1, 0.15) is 6.10 Å². The Morgan fingerprint density at radius 3 is 2.78 bits per heavy atom. The Hall–Kier alpha value is -1.93. The van der Waals surface area contributed by atoms with Crippen LogP contribution in [0.4, 0.5) is 0 Å². The molecular formula is C15H20N4O3S. The van der Waals surface area contributed by atoms with Crippen LogP contribution in [0.15, 0.2) is 41.9 Å². The van der Waals surface area contributed by atoms with E-state index in [2.05, 4.69) is 9.97 Å². The van der Waals surface area contributed by atoms with Crippen molar-refractivity contribution in [2.45, 2.75) is 37.4 Å². The van der Waals surface area contributed by atoms with Gasteiger partial charge in [0.2, 0.25) is 5.88 Å². The normalized spacial score (nSPS) is 19.3. The molecule has 2 aromatic heterocycles. The second-order valence-corrected chi connectivity index (χ2v) is 7.70. The van der Waals surface area contributed by atoms with Crippen molar-refractivity contribution in [3.05, 3.63) is 36.9 Å². The number of pyridine rings is 1. The van der Waals surface area contributed by atoms with Gasteiger partial charge >= 0.3 is 0 Å². The lowest BCUT2D eigenvalue weighted by Crippen LogP contribution is -2.31. The molecule has 0 spiro atoms. The van der Waals surface area contributed by atoms with E-state index < -0.39 is 10.0 Å². The minimum Gasteiger partial charge on any atom is -0.473 e. The van der Waals surface area contributed by atoms with Gasteiger partial charge in [0.05, 0.1) is 12.9 Å². The summed E-state index contributed by atoms with van der Waals surface area (Å²) in [7, 11) is -3.58. The average molecular weight is 336 g/mol. The number of aromatic nitrogens is 3. The van der Waals surface area contributed by atoms with Crippen LogP contribution in [-0.2, 0) is 10.0 Å². The fraction of sp³-hybridized carbons (Fsp3) is 0.467. The number of sulfonamides is 1. The van der Waals surface area contributed by atoms with Gasteiger partial charge in [0, 0.05) is 31.0 Å². The van der Waals surface area contributed by atoms with Gasteiger partial charge < -0.3 is 9.30 Å². The summed E-state index contributed by atoms with van der Waals surface area (Å²) in [6.07, 6.45) is 5.23. The van der Waals surface area contributed by atoms with E-state index >= 15 is 0 Å². The van der Waals surface area contributed by atoms with Gasteiger partial charge in [-0.05, 0) is 26.3 Å². The van der Waals surface area contributed by atoms with Crippen LogP contribution in [0, 0.1) is 0 Å². The summed E-state index contributed by atoms with van der Waals surface area (Å²) in [6, 6.07) is 5.58. The van der Waals surface area contributed by atoms with Crippen LogP contribution in [0.3, 0.4) is 0 Å². The molecule has 0 radical (unpaired) electrons. The molecule has 1 aliphatic rings. The Balaban J connectivity index is 1.69. The Bertz CT molecular complexity index is 758. The topological polar surface area (TPSA) is 77.3 Å². The number of nitrogens with zero attached hydrogens (tertiary/aromatic N) is 4. The van der Waals surface area contributed by atoms with Crippen LogP contribution in [0.5, 0.6) is 5.88 Å². The van der Waals surface area contributed by atoms with Gasteiger partial charge in [-0.1, -0.05) is 6.07 Å². The van der Waals surface area contributed by atoms with Crippen LogP contribution < -0.4 is 4.74 Å². The van der Waals surface area contributed by atoms with Crippen molar-refractivity contribution in [1.82, 2.24) is 18.8 Å². The molecule has 3 heterocycles. The highest BCUT2D eigenvalue weighted by atomic mass is 32.2. The van der Waals surface area contributed by atoms with Gasteiger partial charge in [-0.15, -0.1) is 0 Å². The molecule has 1 atom stereocenters. The second-order valence-electron chi connectivity index (χ2n) is 5.81. The third-order valence-electron chi connectivity index (χ3n) is 3.81. The zero-order valence-corrected chi connectivity index (χ0v) is 14.0. The maximum Gasteiger partial charge on any atom is 0.262 e. The SMILES string of the molecule is CC(C)n1cnc(S(=O)(=O)N2CCC(Oc3ccccn3)C2)c1. The highest BCUT2D eigenvalue weighted by Crippen LogP contribution is 2.23. The Kier molecular flexibility index (Phi) is 4.36. The van der Waals surface area contributed by atoms with Crippen LogP contribution >= 0.6 is 0 Å². The molecule has 0 bridgehead atoms. The lowest BCUT2D eigenvalue weighted by Gasteiger charge is -2.15. The van der Waals surface area contributed by atoms with Crippen molar-refractivity contribution in [3.8, 4) is 5.88 Å². The zero-order chi connectivity index (χ0) is 16.4. The van der Waals surface area contributed by atoms with E-state index in [9.17, 15) is 8.42 Å². The lowest BCUT2D eigenvalue weighted by molar-refractivity contribution is 0.207. The number of hydrogen-bond donors (Lipinski definition) is 0. The second kappa shape index (κ2) is 6.29. The maximum atomic E-state index is 12.6. The van der Waals surface area contributed by atoms with E-state index in [-0.39, 0.29) is 17.2 Å². The Labute approximate surface area is 136 Å². The van der Waals surface area contributed by atoms with Crippen LogP contribution in [0.1, 0.15) is 26.3 Å². The molecule has 1 aliphatic heterocycles. The molecule has 0 saturated carbocycles. The fourth-order valence-corrected chi connectivity index (χ4v) is 3.87. The van der Waals surface area contributed by atoms with Gasteiger partial charge in [-0.3, -0.25) is 0 Å². The molecule has 0 aliphatic carbocycles. The number of rotatable bonds is 5. The van der Waals surface area contributed by atoms with Crippen molar-refractivity contribution in [1.29, 1.82) is 0 Å². The van der Waals surface area contributed by atoms with E-state index in [0.717, 1.165) is 0 Å². The molecule has 3 rings (SSSR count). The summed E-state index contributed by atoms with van der Waals surface area (Å²) < 4.78 is 34.2. The summed E-state index contributed by atoms with van der Waals surface area (Å²) in [5.41, 5.74) is 0. The first-order chi connectivity index (χ1) is 11.0. The summed E-state index contributed by atoms with van der Waals surface area (Å²) in [5.74, 6) is 0.515. The van der Waals surface area contributed by atoms with E-state index in [4.69, 9.17) is 4.74 Å². The third-order valence-corrected chi connectivity index (χ3v) is 5.56. The minimum atomic E-state index is -3.58.